The molecule has 0 aliphatic heterocycles. The molecule has 5 unspecified atom stereocenters. The predicted octanol–water partition coefficient (Wildman–Crippen LogP) is 1.64. The molecule has 1 aliphatic rings. The molecule has 16 heteroatoms. The van der Waals surface area contributed by atoms with Gasteiger partial charge < -0.3 is 41.2 Å². The average molecular weight is 730 g/mol. The van der Waals surface area contributed by atoms with Crippen LogP contribution in [0.4, 0.5) is 0 Å². The highest BCUT2D eigenvalue weighted by Gasteiger charge is 2.49. The van der Waals surface area contributed by atoms with Crippen molar-refractivity contribution in [2.75, 3.05) is 38.5 Å². The Bertz CT molecular complexity index is 1090. The number of hydrogen-bond donors (Lipinski definition) is 5. The summed E-state index contributed by atoms with van der Waals surface area (Å²) in [6, 6.07) is -0.616. The number of amides is 4. The molecule has 6 N–H and O–H groups in total. The van der Waals surface area contributed by atoms with Gasteiger partial charge in [-0.1, -0.05) is 19.3 Å². The Kier molecular flexibility index (Phi) is 23.6. The monoisotopic (exact) mass is 729 g/mol. The number of carbonyl (C=O) groups is 7. The number of unbranched alkanes of at least 4 members (excludes halogenated alkanes) is 6. The van der Waals surface area contributed by atoms with Gasteiger partial charge in [0.15, 0.2) is 6.10 Å². The van der Waals surface area contributed by atoms with Gasteiger partial charge in [0, 0.05) is 71.3 Å². The van der Waals surface area contributed by atoms with Crippen molar-refractivity contribution in [2.45, 2.75) is 128 Å². The van der Waals surface area contributed by atoms with E-state index < -0.39 is 42.1 Å². The second kappa shape index (κ2) is 26.4. The summed E-state index contributed by atoms with van der Waals surface area (Å²) in [4.78, 5) is 82.9. The van der Waals surface area contributed by atoms with Gasteiger partial charge in [0.1, 0.15) is 6.10 Å². The van der Waals surface area contributed by atoms with Crippen LogP contribution in [0.5, 0.6) is 0 Å². The van der Waals surface area contributed by atoms with E-state index in [1.54, 1.807) is 11.8 Å². The quantitative estimate of drug-likeness (QED) is 0.0514. The number of carbonyl (C=O) groups excluding carboxylic acids is 7. The smallest absolute Gasteiger partial charge is 0.303 e. The van der Waals surface area contributed by atoms with Gasteiger partial charge in [0.25, 0.3) is 0 Å². The van der Waals surface area contributed by atoms with Crippen LogP contribution in [0.1, 0.15) is 105 Å². The van der Waals surface area contributed by atoms with Gasteiger partial charge in [0.2, 0.25) is 23.6 Å². The maximum atomic E-state index is 12.2. The zero-order valence-corrected chi connectivity index (χ0v) is 31.0. The fraction of sp³-hybridized carbons (Fsp3) is 0.794. The minimum atomic E-state index is -0.952. The maximum absolute atomic E-state index is 12.2. The van der Waals surface area contributed by atoms with Crippen molar-refractivity contribution in [1.82, 2.24) is 21.3 Å². The van der Waals surface area contributed by atoms with Crippen LogP contribution < -0.4 is 27.0 Å². The lowest BCUT2D eigenvalue weighted by Crippen LogP contribution is -2.62. The van der Waals surface area contributed by atoms with Gasteiger partial charge >= 0.3 is 17.9 Å². The molecule has 1 saturated carbocycles. The number of nitrogens with one attached hydrogen (secondary N) is 4. The fourth-order valence-electron chi connectivity index (χ4n) is 5.66. The zero-order chi connectivity index (χ0) is 37.3. The first-order valence-corrected chi connectivity index (χ1v) is 18.8. The standard InChI is InChI=1S/C34H59N5O10S/c1-23(40)39-32-28(20-27(22-47-24(2)41)33(48-25(3)42)34(32)49-26(4)43)50-19-13-7-12-17-37-30(45)14-8-5-10-16-36-29(44)15-9-6-11-18-38-31(46)21-35/h27-28,32-34H,5-22,35H2,1-4H3,(H,36,44)(H,37,45)(H,38,46)(H,39,40). The average Bonchev–Trinajstić information content (AvgIpc) is 3.04. The number of ether oxygens (including phenoxy) is 3. The lowest BCUT2D eigenvalue weighted by atomic mass is 9.80. The summed E-state index contributed by atoms with van der Waals surface area (Å²) in [5, 5.41) is 11.3. The molecule has 0 spiro atoms. The SMILES string of the molecule is CC(=O)NC1C(SCCCCCNC(=O)CCCCCNC(=O)CCCCCNC(=O)CN)CC(COC(C)=O)C(OC(C)=O)C1OC(C)=O. The molecule has 0 aromatic rings. The molecule has 1 fully saturated rings. The van der Waals surface area contributed by atoms with Crippen LogP contribution in [0, 0.1) is 5.92 Å². The van der Waals surface area contributed by atoms with Gasteiger partial charge in [0.05, 0.1) is 19.2 Å². The van der Waals surface area contributed by atoms with Gasteiger partial charge in [-0.3, -0.25) is 33.6 Å². The van der Waals surface area contributed by atoms with Gasteiger partial charge in [-0.05, 0) is 50.7 Å². The molecule has 4 amide bonds. The minimum absolute atomic E-state index is 0.00378. The first-order chi connectivity index (χ1) is 23.8. The third-order valence-electron chi connectivity index (χ3n) is 8.02. The molecule has 0 bridgehead atoms. The molecule has 0 aromatic carbocycles. The summed E-state index contributed by atoms with van der Waals surface area (Å²) < 4.78 is 16.4. The van der Waals surface area contributed by atoms with Gasteiger partial charge in [-0.15, -0.1) is 0 Å². The number of hydrogen-bond acceptors (Lipinski definition) is 12. The zero-order valence-electron chi connectivity index (χ0n) is 30.2. The molecule has 286 valence electrons. The van der Waals surface area contributed by atoms with Crippen LogP contribution >= 0.6 is 11.8 Å². The third kappa shape index (κ3) is 21.0. The second-order valence-electron chi connectivity index (χ2n) is 12.5. The van der Waals surface area contributed by atoms with E-state index >= 15 is 0 Å². The van der Waals surface area contributed by atoms with Crippen LogP contribution in [-0.4, -0.2) is 104 Å². The third-order valence-corrected chi connectivity index (χ3v) is 9.46. The summed E-state index contributed by atoms with van der Waals surface area (Å²) in [7, 11) is 0. The van der Waals surface area contributed by atoms with Gasteiger partial charge in [-0.25, -0.2) is 0 Å². The summed E-state index contributed by atoms with van der Waals surface area (Å²) in [5.41, 5.74) is 5.23. The Balaban J connectivity index is 2.34. The molecule has 15 nitrogen and oxygen atoms in total. The number of nitrogens with two attached hydrogens (primary N) is 1. The van der Waals surface area contributed by atoms with E-state index in [0.717, 1.165) is 63.5 Å². The van der Waals surface area contributed by atoms with E-state index in [0.29, 0.717) is 38.9 Å². The Morgan fingerprint density at radius 3 is 1.62 bits per heavy atom. The van der Waals surface area contributed by atoms with Gasteiger partial charge in [-0.2, -0.15) is 11.8 Å². The largest absolute Gasteiger partial charge is 0.465 e. The lowest BCUT2D eigenvalue weighted by molar-refractivity contribution is -0.181. The number of esters is 3. The molecule has 0 aromatic heterocycles. The van der Waals surface area contributed by atoms with Crippen molar-refractivity contribution < 1.29 is 47.8 Å². The molecule has 50 heavy (non-hydrogen) atoms. The van der Waals surface area contributed by atoms with Crippen LogP contribution in [0.2, 0.25) is 0 Å². The van der Waals surface area contributed by atoms with E-state index in [9.17, 15) is 33.6 Å². The van der Waals surface area contributed by atoms with Crippen LogP contribution in [0.15, 0.2) is 0 Å². The van der Waals surface area contributed by atoms with Crippen molar-refractivity contribution in [3.63, 3.8) is 0 Å². The maximum Gasteiger partial charge on any atom is 0.303 e. The molecular formula is C34H59N5O10S. The summed E-state index contributed by atoms with van der Waals surface area (Å²) in [5.74, 6) is -1.81. The molecule has 0 saturated heterocycles. The van der Waals surface area contributed by atoms with Crippen molar-refractivity contribution in [3.8, 4) is 0 Å². The number of thioether (sulfide) groups is 1. The van der Waals surface area contributed by atoms with Crippen LogP contribution in [-0.2, 0) is 47.8 Å². The minimum Gasteiger partial charge on any atom is -0.465 e. The molecule has 1 rings (SSSR count). The van der Waals surface area contributed by atoms with Crippen molar-refractivity contribution in [2.24, 2.45) is 11.7 Å². The highest BCUT2D eigenvalue weighted by molar-refractivity contribution is 7.99. The van der Waals surface area contributed by atoms with Crippen LogP contribution in [0.25, 0.3) is 0 Å². The van der Waals surface area contributed by atoms with E-state index in [1.807, 2.05) is 0 Å². The molecule has 5 atom stereocenters. The van der Waals surface area contributed by atoms with E-state index in [1.165, 1.54) is 27.7 Å². The van der Waals surface area contributed by atoms with Crippen molar-refractivity contribution in [3.05, 3.63) is 0 Å². The highest BCUT2D eigenvalue weighted by Crippen LogP contribution is 2.37. The first kappa shape index (κ1) is 44.6. The highest BCUT2D eigenvalue weighted by atomic mass is 32.2. The molecule has 0 heterocycles. The predicted molar refractivity (Wildman–Crippen MR) is 189 cm³/mol. The first-order valence-electron chi connectivity index (χ1n) is 17.7. The molecule has 0 radical (unpaired) electrons. The van der Waals surface area contributed by atoms with E-state index in [2.05, 4.69) is 21.3 Å². The normalized spacial score (nSPS) is 19.8. The topological polar surface area (TPSA) is 221 Å². The fourth-order valence-corrected chi connectivity index (χ4v) is 7.15. The van der Waals surface area contributed by atoms with E-state index in [4.69, 9.17) is 19.9 Å². The Hall–Kier alpha value is -3.40. The summed E-state index contributed by atoms with van der Waals surface area (Å²) in [6.45, 7) is 6.84. The summed E-state index contributed by atoms with van der Waals surface area (Å²) in [6.07, 6.45) is 6.85. The molecular weight excluding hydrogens is 670 g/mol. The Morgan fingerprint density at radius 1 is 0.640 bits per heavy atom. The molecule has 1 aliphatic carbocycles. The second-order valence-corrected chi connectivity index (χ2v) is 13.9. The Morgan fingerprint density at radius 2 is 1.14 bits per heavy atom. The van der Waals surface area contributed by atoms with Crippen molar-refractivity contribution in [1.29, 1.82) is 0 Å². The van der Waals surface area contributed by atoms with Crippen LogP contribution in [0.3, 0.4) is 0 Å². The van der Waals surface area contributed by atoms with Crippen molar-refractivity contribution >= 4 is 53.3 Å². The number of rotatable bonds is 25. The Labute approximate surface area is 300 Å². The lowest BCUT2D eigenvalue weighted by Gasteiger charge is -2.45. The van der Waals surface area contributed by atoms with E-state index in [-0.39, 0.29) is 42.0 Å². The summed E-state index contributed by atoms with van der Waals surface area (Å²) >= 11 is 1.61.